The lowest BCUT2D eigenvalue weighted by atomic mass is 10.1. The molecular formula is C16H12ClF4NO. The van der Waals surface area contributed by atoms with Gasteiger partial charge in [0, 0.05) is 7.05 Å². The molecule has 0 bridgehead atoms. The van der Waals surface area contributed by atoms with E-state index < -0.39 is 35.2 Å². The summed E-state index contributed by atoms with van der Waals surface area (Å²) in [6.07, 6.45) is 0. The van der Waals surface area contributed by atoms with E-state index in [2.05, 4.69) is 0 Å². The Morgan fingerprint density at radius 3 is 2.17 bits per heavy atom. The molecule has 0 saturated heterocycles. The van der Waals surface area contributed by atoms with E-state index in [0.717, 1.165) is 12.1 Å². The number of amides is 1. The molecular weight excluding hydrogens is 334 g/mol. The first-order valence-electron chi connectivity index (χ1n) is 6.59. The Morgan fingerprint density at radius 1 is 1.00 bits per heavy atom. The van der Waals surface area contributed by atoms with E-state index in [1.54, 1.807) is 6.92 Å². The smallest absolute Gasteiger partial charge is 0.255 e. The van der Waals surface area contributed by atoms with Crippen LogP contribution >= 0.6 is 11.6 Å². The van der Waals surface area contributed by atoms with Crippen molar-refractivity contribution < 1.29 is 22.4 Å². The van der Waals surface area contributed by atoms with Crippen LogP contribution in [0, 0.1) is 23.3 Å². The lowest BCUT2D eigenvalue weighted by Gasteiger charge is -2.26. The third kappa shape index (κ3) is 3.47. The van der Waals surface area contributed by atoms with E-state index in [-0.39, 0.29) is 10.6 Å². The second-order valence-electron chi connectivity index (χ2n) is 5.01. The largest absolute Gasteiger partial charge is 0.335 e. The fourth-order valence-electron chi connectivity index (χ4n) is 2.05. The van der Waals surface area contributed by atoms with E-state index >= 15 is 0 Å². The highest BCUT2D eigenvalue weighted by molar-refractivity contribution is 6.33. The quantitative estimate of drug-likeness (QED) is 0.581. The monoisotopic (exact) mass is 345 g/mol. The van der Waals surface area contributed by atoms with Gasteiger partial charge in [-0.3, -0.25) is 4.79 Å². The van der Waals surface area contributed by atoms with Crippen LogP contribution in [-0.2, 0) is 0 Å². The van der Waals surface area contributed by atoms with Crippen molar-refractivity contribution in [2.75, 3.05) is 7.05 Å². The van der Waals surface area contributed by atoms with Crippen LogP contribution in [0.2, 0.25) is 5.02 Å². The van der Waals surface area contributed by atoms with Gasteiger partial charge in [-0.1, -0.05) is 17.7 Å². The van der Waals surface area contributed by atoms with Crippen LogP contribution in [0.1, 0.15) is 28.9 Å². The summed E-state index contributed by atoms with van der Waals surface area (Å²) in [5.74, 6) is -5.08. The van der Waals surface area contributed by atoms with Gasteiger partial charge in [-0.05, 0) is 36.8 Å². The molecule has 0 radical (unpaired) electrons. The lowest BCUT2D eigenvalue weighted by molar-refractivity contribution is 0.0742. The van der Waals surface area contributed by atoms with Crippen molar-refractivity contribution in [1.29, 1.82) is 0 Å². The highest BCUT2D eigenvalue weighted by Crippen LogP contribution is 2.26. The first-order chi connectivity index (χ1) is 10.7. The minimum Gasteiger partial charge on any atom is -0.335 e. The summed E-state index contributed by atoms with van der Waals surface area (Å²) in [6.45, 7) is 1.58. The van der Waals surface area contributed by atoms with Gasteiger partial charge in [0.2, 0.25) is 0 Å². The first-order valence-corrected chi connectivity index (χ1v) is 6.96. The molecule has 2 aromatic carbocycles. The highest BCUT2D eigenvalue weighted by atomic mass is 35.5. The van der Waals surface area contributed by atoms with E-state index in [4.69, 9.17) is 11.6 Å². The van der Waals surface area contributed by atoms with Crippen molar-refractivity contribution in [3.63, 3.8) is 0 Å². The maximum Gasteiger partial charge on any atom is 0.255 e. The molecule has 0 N–H and O–H groups in total. The van der Waals surface area contributed by atoms with E-state index in [1.807, 2.05) is 0 Å². The molecule has 0 aromatic heterocycles. The predicted octanol–water partition coefficient (Wildman–Crippen LogP) is 4.73. The normalized spacial score (nSPS) is 12.1. The Hall–Kier alpha value is -2.08. The zero-order chi connectivity index (χ0) is 17.3. The molecule has 0 aliphatic rings. The number of halogens is 5. The maximum absolute atomic E-state index is 13.3. The van der Waals surface area contributed by atoms with Gasteiger partial charge in [0.1, 0.15) is 0 Å². The summed E-state index contributed by atoms with van der Waals surface area (Å²) >= 11 is 5.77. The number of nitrogens with zero attached hydrogens (tertiary/aromatic N) is 1. The summed E-state index contributed by atoms with van der Waals surface area (Å²) in [6, 6.07) is 4.02. The highest BCUT2D eigenvalue weighted by Gasteiger charge is 2.23. The van der Waals surface area contributed by atoms with Gasteiger partial charge in [0.05, 0.1) is 16.6 Å². The summed E-state index contributed by atoms with van der Waals surface area (Å²) < 4.78 is 52.6. The number of benzene rings is 2. The van der Waals surface area contributed by atoms with E-state index in [0.29, 0.717) is 17.7 Å². The number of hydrogen-bond acceptors (Lipinski definition) is 1. The molecule has 7 heteroatoms. The Morgan fingerprint density at radius 2 is 1.57 bits per heavy atom. The molecule has 23 heavy (non-hydrogen) atoms. The minimum absolute atomic E-state index is 0.220. The van der Waals surface area contributed by atoms with Gasteiger partial charge in [0.15, 0.2) is 23.3 Å². The fourth-order valence-corrected chi connectivity index (χ4v) is 2.28. The van der Waals surface area contributed by atoms with Crippen molar-refractivity contribution in [3.05, 3.63) is 69.8 Å². The molecule has 1 unspecified atom stereocenters. The van der Waals surface area contributed by atoms with E-state index in [1.165, 1.54) is 18.0 Å². The zero-order valence-corrected chi connectivity index (χ0v) is 13.0. The third-order valence-corrected chi connectivity index (χ3v) is 3.88. The Bertz CT molecular complexity index is 766. The summed E-state index contributed by atoms with van der Waals surface area (Å²) in [5, 5.41) is -0.238. The topological polar surface area (TPSA) is 20.3 Å². The van der Waals surface area contributed by atoms with Crippen LogP contribution < -0.4 is 0 Å². The minimum atomic E-state index is -1.20. The molecule has 0 aliphatic heterocycles. The number of carbonyl (C=O) groups is 1. The average Bonchev–Trinajstić information content (AvgIpc) is 2.51. The summed E-state index contributed by atoms with van der Waals surface area (Å²) in [5.41, 5.74) is 0.126. The van der Waals surface area contributed by atoms with Crippen molar-refractivity contribution in [1.82, 2.24) is 4.90 Å². The second-order valence-corrected chi connectivity index (χ2v) is 5.42. The van der Waals surface area contributed by atoms with Gasteiger partial charge in [0.25, 0.3) is 5.91 Å². The van der Waals surface area contributed by atoms with Crippen LogP contribution in [0.4, 0.5) is 17.6 Å². The SMILES string of the molecule is CC(c1ccc(F)c(F)c1)N(C)C(=O)c1cc(F)c(F)cc1Cl. The number of rotatable bonds is 3. The van der Waals surface area contributed by atoms with Gasteiger partial charge < -0.3 is 4.90 Å². The first kappa shape index (κ1) is 17.3. The molecule has 1 amide bonds. The molecule has 2 rings (SSSR count). The molecule has 2 aromatic rings. The fraction of sp³-hybridized carbons (Fsp3) is 0.188. The Labute approximate surface area is 135 Å². The zero-order valence-electron chi connectivity index (χ0n) is 12.2. The summed E-state index contributed by atoms with van der Waals surface area (Å²) in [4.78, 5) is 13.6. The number of hydrogen-bond donors (Lipinski definition) is 0. The van der Waals surface area contributed by atoms with Crippen molar-refractivity contribution >= 4 is 17.5 Å². The Kier molecular flexibility index (Phi) is 4.94. The Balaban J connectivity index is 2.32. The molecule has 1 atom stereocenters. The summed E-state index contributed by atoms with van der Waals surface area (Å²) in [7, 11) is 1.39. The van der Waals surface area contributed by atoms with Gasteiger partial charge in [-0.2, -0.15) is 0 Å². The van der Waals surface area contributed by atoms with Crippen LogP contribution in [0.25, 0.3) is 0 Å². The lowest BCUT2D eigenvalue weighted by Crippen LogP contribution is -2.30. The van der Waals surface area contributed by atoms with Gasteiger partial charge in [-0.25, -0.2) is 17.6 Å². The molecule has 0 aliphatic carbocycles. The van der Waals surface area contributed by atoms with Crippen LogP contribution in [0.5, 0.6) is 0 Å². The average molecular weight is 346 g/mol. The van der Waals surface area contributed by atoms with Crippen molar-refractivity contribution in [2.24, 2.45) is 0 Å². The molecule has 122 valence electrons. The van der Waals surface area contributed by atoms with Crippen molar-refractivity contribution in [3.8, 4) is 0 Å². The van der Waals surface area contributed by atoms with Crippen LogP contribution in [0.3, 0.4) is 0 Å². The molecule has 0 heterocycles. The molecule has 2 nitrogen and oxygen atoms in total. The standard InChI is InChI=1S/C16H12ClF4NO/c1-8(9-3-4-12(18)13(19)5-9)22(2)16(23)10-6-14(20)15(21)7-11(10)17/h3-8H,1-2H3. The number of carbonyl (C=O) groups excluding carboxylic acids is 1. The van der Waals surface area contributed by atoms with Gasteiger partial charge in [-0.15, -0.1) is 0 Å². The van der Waals surface area contributed by atoms with Crippen molar-refractivity contribution in [2.45, 2.75) is 13.0 Å². The molecule has 0 saturated carbocycles. The molecule has 0 fully saturated rings. The van der Waals surface area contributed by atoms with E-state index in [9.17, 15) is 22.4 Å². The predicted molar refractivity (Wildman–Crippen MR) is 78.2 cm³/mol. The van der Waals surface area contributed by atoms with Crippen LogP contribution in [-0.4, -0.2) is 17.9 Å². The third-order valence-electron chi connectivity index (χ3n) is 3.57. The maximum atomic E-state index is 13.3. The second kappa shape index (κ2) is 6.58. The molecule has 0 spiro atoms. The van der Waals surface area contributed by atoms with Gasteiger partial charge >= 0.3 is 0 Å². The van der Waals surface area contributed by atoms with Crippen LogP contribution in [0.15, 0.2) is 30.3 Å².